The summed E-state index contributed by atoms with van der Waals surface area (Å²) in [6, 6.07) is 29.7. The molecule has 44 heavy (non-hydrogen) atoms. The van der Waals surface area contributed by atoms with E-state index in [1.165, 1.54) is 16.7 Å². The average Bonchev–Trinajstić information content (AvgIpc) is 3.01. The molecule has 0 bridgehead atoms. The van der Waals surface area contributed by atoms with Crippen LogP contribution >= 0.6 is 11.9 Å². The molecule has 0 unspecified atom stereocenters. The Kier molecular flexibility index (Phi) is 11.6. The average molecular weight is 608 g/mol. The maximum atomic E-state index is 11.8. The van der Waals surface area contributed by atoms with E-state index in [4.69, 9.17) is 10.1 Å². The number of hydrogen-bond acceptors (Lipinski definition) is 6. The Labute approximate surface area is 267 Å². The number of carbonyl (C=O) groups excluding carboxylic acids is 1. The maximum Gasteiger partial charge on any atom is 0.215 e. The number of pyridine rings is 1. The number of nitrogens with zero attached hydrogens (tertiary/aromatic N) is 4. The molecular weight excluding hydrogens is 563 g/mol. The fourth-order valence-electron chi connectivity index (χ4n) is 4.89. The Balaban J connectivity index is 1.33. The molecule has 0 saturated carbocycles. The van der Waals surface area contributed by atoms with Crippen LogP contribution in [0, 0.1) is 6.92 Å². The first kappa shape index (κ1) is 32.8. The van der Waals surface area contributed by atoms with E-state index in [2.05, 4.69) is 99.1 Å². The molecule has 1 aromatic heterocycles. The van der Waals surface area contributed by atoms with Crippen molar-refractivity contribution < 1.29 is 4.79 Å². The van der Waals surface area contributed by atoms with Crippen molar-refractivity contribution in [2.24, 2.45) is 5.10 Å². The lowest BCUT2D eigenvalue weighted by Gasteiger charge is -2.22. The van der Waals surface area contributed by atoms with Crippen LogP contribution < -0.4 is 4.72 Å². The van der Waals surface area contributed by atoms with Crippen molar-refractivity contribution in [3.63, 3.8) is 0 Å². The smallest absolute Gasteiger partial charge is 0.215 e. The SMILES string of the molecule is CCN(C=O)/C(CCCc1ccc(-c2cc(C)c(NSc3ccccc3)cn2)cc1)=N\N(C)Cc1ccc(C(C)(C)C)cc1. The van der Waals surface area contributed by atoms with Gasteiger partial charge in [0.2, 0.25) is 6.41 Å². The van der Waals surface area contributed by atoms with Gasteiger partial charge < -0.3 is 9.62 Å². The van der Waals surface area contributed by atoms with Crippen LogP contribution in [0.25, 0.3) is 11.3 Å². The molecule has 1 N–H and O–H groups in total. The minimum atomic E-state index is 0.128. The van der Waals surface area contributed by atoms with E-state index in [0.29, 0.717) is 13.1 Å². The minimum absolute atomic E-state index is 0.128. The van der Waals surface area contributed by atoms with Gasteiger partial charge in [0.25, 0.3) is 0 Å². The molecule has 0 saturated heterocycles. The zero-order valence-corrected chi connectivity index (χ0v) is 27.7. The second kappa shape index (κ2) is 15.6. The van der Waals surface area contributed by atoms with Crippen LogP contribution in [0.2, 0.25) is 0 Å². The summed E-state index contributed by atoms with van der Waals surface area (Å²) in [7, 11) is 1.97. The first-order valence-corrected chi connectivity index (χ1v) is 16.1. The van der Waals surface area contributed by atoms with Crippen molar-refractivity contribution in [1.29, 1.82) is 0 Å². The molecule has 0 radical (unpaired) electrons. The van der Waals surface area contributed by atoms with E-state index in [1.54, 1.807) is 16.8 Å². The number of anilines is 1. The van der Waals surface area contributed by atoms with Crippen LogP contribution in [0.1, 0.15) is 62.8 Å². The quantitative estimate of drug-likeness (QED) is 0.0542. The molecule has 0 spiro atoms. The minimum Gasteiger partial charge on any atom is -0.324 e. The summed E-state index contributed by atoms with van der Waals surface area (Å²) < 4.78 is 3.41. The van der Waals surface area contributed by atoms with Gasteiger partial charge in [-0.1, -0.05) is 87.5 Å². The monoisotopic (exact) mass is 607 g/mol. The van der Waals surface area contributed by atoms with Gasteiger partial charge in [-0.25, -0.2) is 0 Å². The Morgan fingerprint density at radius 2 is 1.66 bits per heavy atom. The summed E-state index contributed by atoms with van der Waals surface area (Å²) in [6.07, 6.45) is 5.31. The number of nitrogens with one attached hydrogen (secondary N) is 1. The van der Waals surface area contributed by atoms with Crippen LogP contribution in [0.15, 0.2) is 101 Å². The molecule has 0 aliphatic rings. The lowest BCUT2D eigenvalue weighted by atomic mass is 9.87. The fraction of sp³-hybridized carbons (Fsp3) is 0.324. The summed E-state index contributed by atoms with van der Waals surface area (Å²) >= 11 is 1.59. The highest BCUT2D eigenvalue weighted by Crippen LogP contribution is 2.27. The van der Waals surface area contributed by atoms with Crippen molar-refractivity contribution in [3.05, 3.63) is 113 Å². The van der Waals surface area contributed by atoms with E-state index in [1.807, 2.05) is 43.4 Å². The molecule has 1 amide bonds. The van der Waals surface area contributed by atoms with Gasteiger partial charge in [-0.05, 0) is 84.5 Å². The molecule has 4 rings (SSSR count). The van der Waals surface area contributed by atoms with Gasteiger partial charge in [0.1, 0.15) is 5.84 Å². The molecule has 7 heteroatoms. The van der Waals surface area contributed by atoms with Gasteiger partial charge in [-0.2, -0.15) is 5.10 Å². The Bertz CT molecular complexity index is 1510. The molecule has 0 aliphatic carbocycles. The molecule has 3 aromatic carbocycles. The second-order valence-corrected chi connectivity index (χ2v) is 13.0. The zero-order chi connectivity index (χ0) is 31.5. The number of benzene rings is 3. The van der Waals surface area contributed by atoms with Gasteiger partial charge >= 0.3 is 0 Å². The topological polar surface area (TPSA) is 60.8 Å². The van der Waals surface area contributed by atoms with Gasteiger partial charge in [-0.3, -0.25) is 14.8 Å². The molecule has 0 atom stereocenters. The predicted molar refractivity (Wildman–Crippen MR) is 186 cm³/mol. The van der Waals surface area contributed by atoms with Crippen molar-refractivity contribution in [2.75, 3.05) is 18.3 Å². The van der Waals surface area contributed by atoms with Crippen molar-refractivity contribution in [3.8, 4) is 11.3 Å². The Hall–Kier alpha value is -4.10. The third-order valence-corrected chi connectivity index (χ3v) is 8.40. The number of aryl methyl sites for hydroxylation is 2. The third kappa shape index (κ3) is 9.45. The fourth-order valence-corrected chi connectivity index (χ4v) is 5.63. The maximum absolute atomic E-state index is 11.8. The second-order valence-electron chi connectivity index (χ2n) is 12.1. The van der Waals surface area contributed by atoms with E-state index in [-0.39, 0.29) is 5.41 Å². The number of hydrazone groups is 1. The summed E-state index contributed by atoms with van der Waals surface area (Å²) in [5.41, 5.74) is 8.10. The molecule has 0 aliphatic heterocycles. The van der Waals surface area contributed by atoms with E-state index in [0.717, 1.165) is 58.9 Å². The highest BCUT2D eigenvalue weighted by Gasteiger charge is 2.14. The molecule has 6 nitrogen and oxygen atoms in total. The van der Waals surface area contributed by atoms with Gasteiger partial charge in [0.05, 0.1) is 24.1 Å². The number of amidine groups is 1. The predicted octanol–water partition coefficient (Wildman–Crippen LogP) is 8.72. The van der Waals surface area contributed by atoms with Crippen LogP contribution in [-0.2, 0) is 23.2 Å². The van der Waals surface area contributed by atoms with E-state index >= 15 is 0 Å². The highest BCUT2D eigenvalue weighted by atomic mass is 32.2. The van der Waals surface area contributed by atoms with Gasteiger partial charge in [-0.15, -0.1) is 0 Å². The number of aromatic nitrogens is 1. The largest absolute Gasteiger partial charge is 0.324 e. The molecule has 4 aromatic rings. The summed E-state index contributed by atoms with van der Waals surface area (Å²) in [4.78, 5) is 19.4. The van der Waals surface area contributed by atoms with Crippen molar-refractivity contribution in [2.45, 2.75) is 70.7 Å². The summed E-state index contributed by atoms with van der Waals surface area (Å²) in [5, 5.41) is 6.77. The Morgan fingerprint density at radius 1 is 0.977 bits per heavy atom. The standard InChI is InChI=1S/C37H45N5OS/c1-7-42(27-43)36(39-41(6)26-30-18-22-32(23-19-30)37(3,4)5)15-11-12-29-16-20-31(21-17-29)34-24-28(2)35(25-38-34)40-44-33-13-9-8-10-14-33/h8-10,13-14,16-25,27,40H,7,11-12,15,26H2,1-6H3/b39-36-. The lowest BCUT2D eigenvalue weighted by molar-refractivity contribution is -0.114. The van der Waals surface area contributed by atoms with Gasteiger partial charge in [0, 0.05) is 30.5 Å². The molecule has 230 valence electrons. The van der Waals surface area contributed by atoms with E-state index in [9.17, 15) is 4.79 Å². The van der Waals surface area contributed by atoms with Crippen molar-refractivity contribution >= 4 is 29.9 Å². The summed E-state index contributed by atoms with van der Waals surface area (Å²) in [5.74, 6) is 0.798. The van der Waals surface area contributed by atoms with Crippen LogP contribution in [-0.4, -0.2) is 40.7 Å². The number of amides is 1. The Morgan fingerprint density at radius 3 is 2.27 bits per heavy atom. The summed E-state index contributed by atoms with van der Waals surface area (Å²) in [6.45, 7) is 12.0. The van der Waals surface area contributed by atoms with Crippen LogP contribution in [0.4, 0.5) is 5.69 Å². The first-order valence-electron chi connectivity index (χ1n) is 15.3. The normalized spacial score (nSPS) is 11.7. The number of hydrogen-bond donors (Lipinski definition) is 1. The number of rotatable bonds is 13. The van der Waals surface area contributed by atoms with E-state index < -0.39 is 0 Å². The van der Waals surface area contributed by atoms with Crippen LogP contribution in [0.5, 0.6) is 0 Å². The molecule has 0 fully saturated rings. The molecule has 1 heterocycles. The number of carbonyl (C=O) groups is 1. The lowest BCUT2D eigenvalue weighted by Crippen LogP contribution is -2.31. The molecular formula is C37H45N5OS. The highest BCUT2D eigenvalue weighted by molar-refractivity contribution is 8.00. The van der Waals surface area contributed by atoms with Crippen LogP contribution in [0.3, 0.4) is 0 Å². The van der Waals surface area contributed by atoms with Crippen molar-refractivity contribution in [1.82, 2.24) is 14.9 Å². The first-order chi connectivity index (χ1) is 21.2. The zero-order valence-electron chi connectivity index (χ0n) is 26.9. The van der Waals surface area contributed by atoms with Gasteiger partial charge in [0.15, 0.2) is 0 Å². The third-order valence-electron chi connectivity index (χ3n) is 7.57.